The van der Waals surface area contributed by atoms with Crippen molar-refractivity contribution in [1.82, 2.24) is 4.57 Å². The lowest BCUT2D eigenvalue weighted by molar-refractivity contribution is 0.650. The van der Waals surface area contributed by atoms with Gasteiger partial charge in [-0.3, -0.25) is 4.79 Å². The highest BCUT2D eigenvalue weighted by Crippen LogP contribution is 2.17. The fourth-order valence-corrected chi connectivity index (χ4v) is 2.32. The summed E-state index contributed by atoms with van der Waals surface area (Å²) >= 11 is 11.9. The van der Waals surface area contributed by atoms with Crippen LogP contribution in [0.5, 0.6) is 0 Å². The summed E-state index contributed by atoms with van der Waals surface area (Å²) in [7, 11) is 0. The molecule has 0 fully saturated rings. The molecule has 2 rings (SSSR count). The van der Waals surface area contributed by atoms with Crippen LogP contribution in [-0.4, -0.2) is 4.57 Å². The Kier molecular flexibility index (Phi) is 4.10. The summed E-state index contributed by atoms with van der Waals surface area (Å²) in [5.74, 6) is 0. The van der Waals surface area contributed by atoms with Gasteiger partial charge >= 0.3 is 0 Å². The maximum atomic E-state index is 11.9. The number of aromatic nitrogens is 1. The largest absolute Gasteiger partial charge is 0.310 e. The van der Waals surface area contributed by atoms with Crippen LogP contribution in [-0.2, 0) is 13.0 Å². The van der Waals surface area contributed by atoms with Crippen molar-refractivity contribution in [3.8, 4) is 0 Å². The summed E-state index contributed by atoms with van der Waals surface area (Å²) in [6, 6.07) is 11.5. The number of nitrogens with zero attached hydrogens (tertiary/aromatic N) is 1. The van der Waals surface area contributed by atoms with Crippen molar-refractivity contribution in [1.29, 1.82) is 0 Å². The third-order valence-electron chi connectivity index (χ3n) is 2.92. The zero-order chi connectivity index (χ0) is 13.1. The molecule has 0 aliphatic carbocycles. The number of halogens is 2. The normalized spacial score (nSPS) is 10.6. The molecule has 2 nitrogen and oxygen atoms in total. The number of aryl methyl sites for hydroxylation is 1. The van der Waals surface area contributed by atoms with Gasteiger partial charge in [0.1, 0.15) is 5.02 Å². The molecule has 1 aromatic heterocycles. The molecule has 0 saturated carbocycles. The van der Waals surface area contributed by atoms with Gasteiger partial charge in [0, 0.05) is 12.2 Å². The molecule has 0 amide bonds. The molecule has 0 aliphatic heterocycles. The maximum absolute atomic E-state index is 11.9. The molecule has 0 atom stereocenters. The molecular formula is C14H13Cl2NO. The van der Waals surface area contributed by atoms with Crippen LogP contribution in [0, 0.1) is 6.92 Å². The third kappa shape index (κ3) is 2.77. The van der Waals surface area contributed by atoms with E-state index < -0.39 is 0 Å². The minimum Gasteiger partial charge on any atom is -0.310 e. The van der Waals surface area contributed by atoms with Crippen LogP contribution in [0.4, 0.5) is 0 Å². The zero-order valence-corrected chi connectivity index (χ0v) is 11.5. The van der Waals surface area contributed by atoms with Gasteiger partial charge in [0.05, 0.1) is 5.02 Å². The second kappa shape index (κ2) is 5.59. The van der Waals surface area contributed by atoms with Gasteiger partial charge in [0.2, 0.25) is 0 Å². The van der Waals surface area contributed by atoms with E-state index in [-0.39, 0.29) is 10.6 Å². The lowest BCUT2D eigenvalue weighted by atomic mass is 10.1. The van der Waals surface area contributed by atoms with Crippen molar-refractivity contribution in [3.63, 3.8) is 0 Å². The third-order valence-corrected chi connectivity index (χ3v) is 3.57. The average molecular weight is 282 g/mol. The topological polar surface area (TPSA) is 22.0 Å². The second-order valence-electron chi connectivity index (χ2n) is 4.12. The SMILES string of the molecule is Cc1c(Cl)cc(Cl)c(=O)n1CCc1ccccc1. The van der Waals surface area contributed by atoms with Crippen LogP contribution in [0.1, 0.15) is 11.3 Å². The zero-order valence-electron chi connectivity index (χ0n) is 9.99. The lowest BCUT2D eigenvalue weighted by Crippen LogP contribution is -2.23. The van der Waals surface area contributed by atoms with Gasteiger partial charge in [0.25, 0.3) is 5.56 Å². The van der Waals surface area contributed by atoms with Gasteiger partial charge in [-0.05, 0) is 25.0 Å². The first-order valence-electron chi connectivity index (χ1n) is 5.69. The molecule has 18 heavy (non-hydrogen) atoms. The van der Waals surface area contributed by atoms with E-state index in [2.05, 4.69) is 0 Å². The first-order valence-corrected chi connectivity index (χ1v) is 6.44. The summed E-state index contributed by atoms with van der Waals surface area (Å²) in [6.45, 7) is 2.40. The number of rotatable bonds is 3. The minimum atomic E-state index is -0.186. The van der Waals surface area contributed by atoms with E-state index in [4.69, 9.17) is 23.2 Å². The second-order valence-corrected chi connectivity index (χ2v) is 4.93. The van der Waals surface area contributed by atoms with Gasteiger partial charge in [0.15, 0.2) is 0 Å². The van der Waals surface area contributed by atoms with Gasteiger partial charge in [-0.2, -0.15) is 0 Å². The van der Waals surface area contributed by atoms with Crippen molar-refractivity contribution in [2.75, 3.05) is 0 Å². The molecule has 0 radical (unpaired) electrons. The number of hydrogen-bond acceptors (Lipinski definition) is 1. The van der Waals surface area contributed by atoms with Gasteiger partial charge in [-0.25, -0.2) is 0 Å². The molecule has 4 heteroatoms. The lowest BCUT2D eigenvalue weighted by Gasteiger charge is -2.11. The van der Waals surface area contributed by atoms with Gasteiger partial charge in [-0.1, -0.05) is 53.5 Å². The highest BCUT2D eigenvalue weighted by molar-refractivity contribution is 6.34. The number of benzene rings is 1. The molecule has 94 valence electrons. The van der Waals surface area contributed by atoms with Crippen molar-refractivity contribution in [3.05, 3.63) is 68.1 Å². The fraction of sp³-hybridized carbons (Fsp3) is 0.214. The Morgan fingerprint density at radius 3 is 2.44 bits per heavy atom. The summed E-state index contributed by atoms with van der Waals surface area (Å²) in [5.41, 5.74) is 1.75. The Morgan fingerprint density at radius 2 is 1.78 bits per heavy atom. The van der Waals surface area contributed by atoms with E-state index in [1.807, 2.05) is 37.3 Å². The van der Waals surface area contributed by atoms with Crippen molar-refractivity contribution < 1.29 is 0 Å². The van der Waals surface area contributed by atoms with Gasteiger partial charge in [-0.15, -0.1) is 0 Å². The molecule has 0 bridgehead atoms. The smallest absolute Gasteiger partial charge is 0.269 e. The Labute approximate surface area is 116 Å². The summed E-state index contributed by atoms with van der Waals surface area (Å²) in [5, 5.41) is 0.686. The molecule has 0 N–H and O–H groups in total. The van der Waals surface area contributed by atoms with E-state index >= 15 is 0 Å². The van der Waals surface area contributed by atoms with E-state index in [0.717, 1.165) is 12.1 Å². The number of hydrogen-bond donors (Lipinski definition) is 0. The molecule has 0 unspecified atom stereocenters. The van der Waals surface area contributed by atoms with E-state index in [9.17, 15) is 4.79 Å². The molecule has 0 spiro atoms. The first-order chi connectivity index (χ1) is 8.59. The standard InChI is InChI=1S/C14H13Cl2NO/c1-10-12(15)9-13(16)14(18)17(10)8-7-11-5-3-2-4-6-11/h2-6,9H,7-8H2,1H3. The minimum absolute atomic E-state index is 0.165. The molecule has 0 aliphatic rings. The summed E-state index contributed by atoms with van der Waals surface area (Å²) in [6.07, 6.45) is 0.776. The van der Waals surface area contributed by atoms with Gasteiger partial charge < -0.3 is 4.57 Å². The average Bonchev–Trinajstić information content (AvgIpc) is 2.38. The summed E-state index contributed by atoms with van der Waals surface area (Å²) < 4.78 is 1.62. The molecule has 1 heterocycles. The first kappa shape index (κ1) is 13.2. The highest BCUT2D eigenvalue weighted by Gasteiger charge is 2.08. The maximum Gasteiger partial charge on any atom is 0.269 e. The fourth-order valence-electron chi connectivity index (χ4n) is 1.84. The molecule has 0 saturated heterocycles. The van der Waals surface area contributed by atoms with Crippen LogP contribution < -0.4 is 5.56 Å². The summed E-state index contributed by atoms with van der Waals surface area (Å²) in [4.78, 5) is 11.9. The predicted octanol–water partition coefficient (Wildman–Crippen LogP) is 3.71. The Balaban J connectivity index is 2.27. The van der Waals surface area contributed by atoms with E-state index in [1.165, 1.54) is 11.6 Å². The van der Waals surface area contributed by atoms with Crippen LogP contribution in [0.25, 0.3) is 0 Å². The monoisotopic (exact) mass is 281 g/mol. The van der Waals surface area contributed by atoms with Crippen LogP contribution in [0.3, 0.4) is 0 Å². The van der Waals surface area contributed by atoms with Crippen LogP contribution in [0.15, 0.2) is 41.2 Å². The molecular weight excluding hydrogens is 269 g/mol. The van der Waals surface area contributed by atoms with E-state index in [1.54, 1.807) is 4.57 Å². The molecule has 1 aromatic carbocycles. The number of pyridine rings is 1. The Bertz CT molecular complexity index is 605. The predicted molar refractivity (Wildman–Crippen MR) is 75.6 cm³/mol. The molecule has 2 aromatic rings. The van der Waals surface area contributed by atoms with Crippen molar-refractivity contribution in [2.45, 2.75) is 19.9 Å². The van der Waals surface area contributed by atoms with Crippen LogP contribution in [0.2, 0.25) is 10.0 Å². The Hall–Kier alpha value is -1.25. The van der Waals surface area contributed by atoms with E-state index in [0.29, 0.717) is 11.6 Å². The highest BCUT2D eigenvalue weighted by atomic mass is 35.5. The van der Waals surface area contributed by atoms with Crippen molar-refractivity contribution >= 4 is 23.2 Å². The Morgan fingerprint density at radius 1 is 1.11 bits per heavy atom. The quantitative estimate of drug-likeness (QED) is 0.841. The van der Waals surface area contributed by atoms with Crippen LogP contribution >= 0.6 is 23.2 Å². The van der Waals surface area contributed by atoms with Crippen molar-refractivity contribution in [2.24, 2.45) is 0 Å².